The molecule has 0 saturated carbocycles. The van der Waals surface area contributed by atoms with Crippen LogP contribution in [0.25, 0.3) is 10.8 Å². The van der Waals surface area contributed by atoms with E-state index < -0.39 is 15.6 Å². The van der Waals surface area contributed by atoms with Crippen LogP contribution in [-0.2, 0) is 29.7 Å². The molecule has 0 spiro atoms. The summed E-state index contributed by atoms with van der Waals surface area (Å²) >= 11 is 0. The number of carbonyl (C=O) groups excluding carboxylic acids is 1. The minimum absolute atomic E-state index is 0. The molecule has 0 saturated heterocycles. The Morgan fingerprint density at radius 3 is 1.06 bits per heavy atom. The molecular weight excluding hydrogens is 1040 g/mol. The number of benzene rings is 4. The fourth-order valence-corrected chi connectivity index (χ4v) is 5.40. The number of aliphatic imine (C=N–C) groups is 2. The van der Waals surface area contributed by atoms with E-state index in [0.29, 0.717) is 0 Å². The van der Waals surface area contributed by atoms with Crippen LogP contribution in [0.15, 0.2) is 150 Å². The molecule has 360 valence electrons. The molecule has 0 bridgehead atoms. The van der Waals surface area contributed by atoms with E-state index in [1.54, 1.807) is 46.9 Å². The third-order valence-electron chi connectivity index (χ3n) is 7.55. The Hall–Kier alpha value is -6.02. The number of ether oxygens (including phenoxy) is 2. The first-order chi connectivity index (χ1) is 29.3. The van der Waals surface area contributed by atoms with E-state index in [-0.39, 0.29) is 37.0 Å². The molecule has 0 radical (unpaired) electrons. The van der Waals surface area contributed by atoms with Crippen molar-refractivity contribution >= 4 is 55.0 Å². The Morgan fingerprint density at radius 2 is 0.818 bits per heavy atom. The molecule has 27 heteroatoms. The number of halogens is 12. The van der Waals surface area contributed by atoms with Crippen molar-refractivity contribution in [3.05, 3.63) is 151 Å². The largest absolute Gasteiger partial charge is 2.00 e. The first-order valence-corrected chi connectivity index (χ1v) is 22.0. The predicted molar refractivity (Wildman–Crippen MR) is 227 cm³/mol. The van der Waals surface area contributed by atoms with Crippen LogP contribution in [0.1, 0.15) is 31.3 Å². The summed E-state index contributed by atoms with van der Waals surface area (Å²) in [6.07, 6.45) is 10.7. The molecule has 3 N–H and O–H groups in total. The van der Waals surface area contributed by atoms with Crippen LogP contribution in [0.4, 0.5) is 61.7 Å². The zero-order chi connectivity index (χ0) is 47.7. The maximum Gasteiger partial charge on any atom is 2.00 e. The van der Waals surface area contributed by atoms with Gasteiger partial charge in [-0.2, -0.15) is 15.3 Å². The summed E-state index contributed by atoms with van der Waals surface area (Å²) in [4.78, 5) is 19.4. The Kier molecular flexibility index (Phi) is 17.2. The molecule has 8 rings (SSSR count). The topological polar surface area (TPSA) is 147 Å². The molecule has 0 amide bonds. The maximum atomic E-state index is 9.87. The minimum atomic E-state index is -10.7. The standard InChI is InChI=1S/C26H20N2O2.C10H10N6.C3H6O.2F6P.H2O.Ru/c1-29-20-13-9-18(10-14-20)27-25-22-7-3-5-17-6-4-8-23(24(17)22)26(25)28-19-11-15-21(30-2)16-12-19;1-4-11-14(7-1)10(15-8-2-5-12-15)16-9-3-6-13-16;1-3(2)4;2*1-7(2,3,4,5)6;;/h3-16H,1-2H3;1-10H;1-2H3;;;1H2;/q;;;2*-1;;+2/p+1. The summed E-state index contributed by atoms with van der Waals surface area (Å²) in [6.45, 7) is 3.06. The molecular formula is C39H39F12N8O4P2Ru+. The molecule has 4 aromatic carbocycles. The summed E-state index contributed by atoms with van der Waals surface area (Å²) in [7, 11) is -18.0. The molecule has 1 aliphatic carbocycles. The Bertz CT molecular complexity index is 2480. The first kappa shape index (κ1) is 56.1. The van der Waals surface area contributed by atoms with Crippen molar-refractivity contribution in [3.8, 4) is 11.5 Å². The van der Waals surface area contributed by atoms with Crippen molar-refractivity contribution < 1.29 is 89.6 Å². The molecule has 12 nitrogen and oxygen atoms in total. The number of hydrogen-bond donors (Lipinski definition) is 0. The normalized spacial score (nSPS) is 14.9. The van der Waals surface area contributed by atoms with Crippen LogP contribution in [0.5, 0.6) is 11.5 Å². The smallest absolute Gasteiger partial charge is 0.457 e. The number of aromatic nitrogens is 6. The average Bonchev–Trinajstić information content (AvgIpc) is 4.03. The maximum absolute atomic E-state index is 10.7. The number of Topliss-reactive ketones (excluding diaryl/α,β-unsaturated/α-hetero) is 1. The molecule has 0 unspecified atom stereocenters. The van der Waals surface area contributed by atoms with Crippen LogP contribution in [0.2, 0.25) is 0 Å². The van der Waals surface area contributed by atoms with Crippen molar-refractivity contribution in [2.75, 3.05) is 14.2 Å². The van der Waals surface area contributed by atoms with Crippen LogP contribution in [0, 0.1) is 0 Å². The molecule has 0 fully saturated rings. The van der Waals surface area contributed by atoms with E-state index in [1.165, 1.54) is 24.6 Å². The van der Waals surface area contributed by atoms with Gasteiger partial charge >= 0.3 is 85.5 Å². The number of hydrogen-bond acceptors (Lipinski definition) is 8. The zero-order valence-electron chi connectivity index (χ0n) is 34.5. The van der Waals surface area contributed by atoms with Crippen LogP contribution >= 0.6 is 15.6 Å². The second-order valence-corrected chi connectivity index (χ2v) is 17.0. The number of carbonyl (C=O) groups is 1. The number of rotatable bonds is 7. The van der Waals surface area contributed by atoms with E-state index in [1.807, 2.05) is 85.3 Å². The van der Waals surface area contributed by atoms with Gasteiger partial charge in [0, 0.05) is 53.7 Å². The Balaban J connectivity index is 0.000000348. The second-order valence-electron chi connectivity index (χ2n) is 13.2. The summed E-state index contributed by atoms with van der Waals surface area (Å²) < 4.78 is 134. The zero-order valence-corrected chi connectivity index (χ0v) is 38.0. The van der Waals surface area contributed by atoms with Gasteiger partial charge in [0.05, 0.1) is 37.0 Å². The first-order valence-electron chi connectivity index (χ1n) is 17.9. The van der Waals surface area contributed by atoms with Gasteiger partial charge < -0.3 is 19.7 Å². The van der Waals surface area contributed by atoms with E-state index in [0.717, 1.165) is 45.4 Å². The average molecular weight is 1070 g/mol. The predicted octanol–water partition coefficient (Wildman–Crippen LogP) is 13.4. The monoisotopic (exact) mass is 1080 g/mol. The molecule has 66 heavy (non-hydrogen) atoms. The number of methoxy groups -OCH3 is 2. The van der Waals surface area contributed by atoms with Gasteiger partial charge in [-0.3, -0.25) is 0 Å². The van der Waals surface area contributed by atoms with Gasteiger partial charge in [0.25, 0.3) is 0 Å². The van der Waals surface area contributed by atoms with Crippen molar-refractivity contribution in [2.24, 2.45) is 9.98 Å². The molecule has 0 atom stereocenters. The van der Waals surface area contributed by atoms with Gasteiger partial charge in [-0.1, -0.05) is 36.4 Å². The molecule has 3 heterocycles. The van der Waals surface area contributed by atoms with Crippen LogP contribution in [-0.4, -0.2) is 60.8 Å². The summed E-state index contributed by atoms with van der Waals surface area (Å²) in [6, 6.07) is 33.8. The second kappa shape index (κ2) is 20.2. The third kappa shape index (κ3) is 20.9. The Labute approximate surface area is 380 Å². The van der Waals surface area contributed by atoms with Gasteiger partial charge in [0.15, 0.2) is 0 Å². The van der Waals surface area contributed by atoms with E-state index in [4.69, 9.17) is 19.5 Å². The minimum Gasteiger partial charge on any atom is -0.457 e. The van der Waals surface area contributed by atoms with Gasteiger partial charge in [-0.15, -0.1) is 0 Å². The summed E-state index contributed by atoms with van der Waals surface area (Å²) in [5.74, 6) is 1.78. The third-order valence-corrected chi connectivity index (χ3v) is 7.55. The van der Waals surface area contributed by atoms with Crippen LogP contribution < -0.4 is 9.47 Å². The summed E-state index contributed by atoms with van der Waals surface area (Å²) in [5.41, 5.74) is 5.68. The fourth-order valence-electron chi connectivity index (χ4n) is 5.40. The Morgan fingerprint density at radius 1 is 0.530 bits per heavy atom. The quantitative estimate of drug-likeness (QED) is 0.0672. The fraction of sp³-hybridized carbons (Fsp3) is 0.128. The van der Waals surface area contributed by atoms with Crippen molar-refractivity contribution in [1.82, 2.24) is 29.3 Å². The van der Waals surface area contributed by atoms with Gasteiger partial charge in [-0.25, -0.2) is 24.0 Å². The van der Waals surface area contributed by atoms with Crippen molar-refractivity contribution in [3.63, 3.8) is 0 Å². The van der Waals surface area contributed by atoms with Crippen molar-refractivity contribution in [1.29, 1.82) is 0 Å². The summed E-state index contributed by atoms with van der Waals surface area (Å²) in [5, 5.41) is 15.1. The van der Waals surface area contributed by atoms with E-state index >= 15 is 0 Å². The van der Waals surface area contributed by atoms with Gasteiger partial charge in [-0.05, 0) is 86.0 Å². The molecule has 1 aliphatic rings. The molecule has 3 aromatic heterocycles. The molecule has 0 aliphatic heterocycles. The SMILES string of the molecule is CC(C)=O.COc1ccc(N=C2C(=Nc3ccc(OC)cc3)c3cccc4cccc2c34)cc1.F[P-](F)(F)(F)(F)F.F[P-](F)(F)(F)(F)F.[OH3+].[Ru+2].c1cnn(C(n2cccn2)n2cccn2)c1. The van der Waals surface area contributed by atoms with Gasteiger partial charge in [0.1, 0.15) is 17.3 Å². The van der Waals surface area contributed by atoms with Crippen LogP contribution in [0.3, 0.4) is 0 Å². The van der Waals surface area contributed by atoms with Gasteiger partial charge in [0.2, 0.25) is 6.29 Å². The molecule has 7 aromatic rings. The van der Waals surface area contributed by atoms with Crippen molar-refractivity contribution in [2.45, 2.75) is 20.1 Å². The number of nitrogens with zero attached hydrogens (tertiary/aromatic N) is 8. The van der Waals surface area contributed by atoms with E-state index in [9.17, 15) is 55.2 Å². The van der Waals surface area contributed by atoms with E-state index in [2.05, 4.69) is 51.7 Å². The number of ketones is 1.